The Kier molecular flexibility index (Phi) is 8.36. The number of amides is 2. The zero-order valence-corrected chi connectivity index (χ0v) is 25.4. The van der Waals surface area contributed by atoms with E-state index in [1.807, 2.05) is 24.5 Å². The summed E-state index contributed by atoms with van der Waals surface area (Å²) in [6.07, 6.45) is 9.02. The average molecular weight is 642 g/mol. The molecule has 6 rings (SSSR count). The average Bonchev–Trinajstić information content (AvgIpc) is 3.77. The maximum Gasteiger partial charge on any atom is 0.307 e. The molecule has 3 aliphatic rings. The third-order valence-electron chi connectivity index (χ3n) is 7.24. The molecule has 0 aromatic carbocycles. The Morgan fingerprint density at radius 3 is 2.88 bits per heavy atom. The molecule has 224 valence electrons. The molecular formula is C26H27N9O5S3. The summed E-state index contributed by atoms with van der Waals surface area (Å²) in [6.45, 7) is 2.87. The van der Waals surface area contributed by atoms with Gasteiger partial charge in [-0.2, -0.15) is 9.36 Å². The van der Waals surface area contributed by atoms with Gasteiger partial charge < -0.3 is 25.8 Å². The van der Waals surface area contributed by atoms with Crippen molar-refractivity contribution >= 4 is 69.3 Å². The predicted octanol–water partition coefficient (Wildman–Crippen LogP) is 0.449. The van der Waals surface area contributed by atoms with Gasteiger partial charge in [0.05, 0.1) is 18.2 Å². The molecule has 0 spiro atoms. The van der Waals surface area contributed by atoms with Crippen LogP contribution in [0.25, 0.3) is 5.65 Å². The maximum absolute atomic E-state index is 13.3. The van der Waals surface area contributed by atoms with E-state index >= 15 is 0 Å². The summed E-state index contributed by atoms with van der Waals surface area (Å²) in [7, 11) is 0. The minimum absolute atomic E-state index is 0.00635. The first-order valence-electron chi connectivity index (χ1n) is 13.6. The number of allylic oxidation sites excluding steroid dienone is 1. The van der Waals surface area contributed by atoms with Crippen molar-refractivity contribution < 1.29 is 28.9 Å². The number of carboxylic acid groups (broad SMARTS) is 1. The number of carboxylic acids is 1. The number of rotatable bonds is 10. The van der Waals surface area contributed by atoms with Crippen LogP contribution in [0.15, 0.2) is 57.5 Å². The van der Waals surface area contributed by atoms with E-state index in [0.717, 1.165) is 54.3 Å². The van der Waals surface area contributed by atoms with Crippen molar-refractivity contribution in [3.8, 4) is 0 Å². The van der Waals surface area contributed by atoms with Crippen LogP contribution in [0.1, 0.15) is 38.4 Å². The van der Waals surface area contributed by atoms with Crippen LogP contribution in [0.2, 0.25) is 0 Å². The van der Waals surface area contributed by atoms with Gasteiger partial charge in [0.2, 0.25) is 11.5 Å². The highest BCUT2D eigenvalue weighted by molar-refractivity contribution is 8.02. The van der Waals surface area contributed by atoms with E-state index in [9.17, 15) is 19.5 Å². The van der Waals surface area contributed by atoms with Crippen LogP contribution in [0.5, 0.6) is 0 Å². The monoisotopic (exact) mass is 641 g/mol. The van der Waals surface area contributed by atoms with Crippen LogP contribution < -0.4 is 20.7 Å². The standard InChI is InChI=1S/C26H27N9O5S3/c1-2-33-10-11-34-17(33)8-7-16(30-34)41-12-9-14-13-42-24-19(23(37)35(24)20(14)25(38)39)28-22(36)18(21-29-26(27)43-32-21)31-40-15-5-3-4-6-15/h7-12,15,19,24H,2-6,13H2,1H3,(H3-,27,28,29,32,36,38,39)/b12-9+,31-18-/t19-,24-/m1/s1. The Labute approximate surface area is 258 Å². The number of aliphatic carboxylic acids is 1. The number of hydrogen-bond acceptors (Lipinski definition) is 13. The van der Waals surface area contributed by atoms with Gasteiger partial charge in [-0.3, -0.25) is 14.5 Å². The Morgan fingerprint density at radius 1 is 1.35 bits per heavy atom. The first-order valence-corrected chi connectivity index (χ1v) is 16.3. The molecule has 2 atom stereocenters. The number of aromatic nitrogens is 5. The third-order valence-corrected chi connectivity index (χ3v) is 9.81. The summed E-state index contributed by atoms with van der Waals surface area (Å²) in [6, 6.07) is 2.86. The van der Waals surface area contributed by atoms with Gasteiger partial charge >= 0.3 is 5.65 Å². The predicted molar refractivity (Wildman–Crippen MR) is 157 cm³/mol. The lowest BCUT2D eigenvalue weighted by molar-refractivity contribution is -0.667. The number of nitrogens with zero attached hydrogens (tertiary/aromatic N) is 7. The first-order chi connectivity index (χ1) is 20.8. The second kappa shape index (κ2) is 12.3. The first kappa shape index (κ1) is 29.1. The van der Waals surface area contributed by atoms with Gasteiger partial charge in [0.25, 0.3) is 11.8 Å². The van der Waals surface area contributed by atoms with Gasteiger partial charge in [-0.15, -0.1) is 16.3 Å². The SMILES string of the molecule is CC[n+]1ccn2nc(S/C=C/C3=C(C(=O)[O-])N4C(=O)[C@@H](NC(=O)/C(=N\OC5CCCC5)c5nsc(N)n5)[C@H]4SC3)ccc21. The van der Waals surface area contributed by atoms with E-state index in [-0.39, 0.29) is 34.2 Å². The van der Waals surface area contributed by atoms with Crippen LogP contribution >= 0.6 is 35.1 Å². The molecule has 2 amide bonds. The van der Waals surface area contributed by atoms with Crippen LogP contribution in [0, 0.1) is 0 Å². The summed E-state index contributed by atoms with van der Waals surface area (Å²) < 4.78 is 7.91. The van der Waals surface area contributed by atoms with Crippen molar-refractivity contribution in [1.82, 2.24) is 29.2 Å². The zero-order chi connectivity index (χ0) is 30.1. The molecule has 0 unspecified atom stereocenters. The summed E-state index contributed by atoms with van der Waals surface area (Å²) >= 11 is 3.56. The number of fused-ring (bicyclic) bond motifs is 2. The van der Waals surface area contributed by atoms with E-state index in [1.165, 1.54) is 23.5 Å². The highest BCUT2D eigenvalue weighted by atomic mass is 32.2. The third kappa shape index (κ3) is 5.83. The van der Waals surface area contributed by atoms with Crippen LogP contribution in [0.4, 0.5) is 5.13 Å². The molecule has 3 aromatic heterocycles. The van der Waals surface area contributed by atoms with Gasteiger partial charge in [-0.05, 0) is 55.7 Å². The number of carbonyl (C=O) groups excluding carboxylic acids is 3. The van der Waals surface area contributed by atoms with E-state index in [1.54, 1.807) is 16.0 Å². The van der Waals surface area contributed by atoms with Crippen molar-refractivity contribution in [3.05, 3.63) is 53.1 Å². The van der Waals surface area contributed by atoms with Crippen molar-refractivity contribution in [1.29, 1.82) is 0 Å². The molecule has 17 heteroatoms. The van der Waals surface area contributed by atoms with Crippen LogP contribution in [0.3, 0.4) is 0 Å². The van der Waals surface area contributed by atoms with Gasteiger partial charge in [-0.25, -0.2) is 4.57 Å². The number of oxime groups is 1. The lowest BCUT2D eigenvalue weighted by atomic mass is 10.0. The van der Waals surface area contributed by atoms with E-state index in [2.05, 4.69) is 36.4 Å². The number of imidazole rings is 1. The Hall–Kier alpha value is -3.96. The molecule has 3 N–H and O–H groups in total. The van der Waals surface area contributed by atoms with E-state index < -0.39 is 29.2 Å². The molecule has 1 saturated carbocycles. The number of nitrogens with one attached hydrogen (secondary N) is 1. The Bertz CT molecular complexity index is 1680. The van der Waals surface area contributed by atoms with Crippen LogP contribution in [-0.4, -0.2) is 70.6 Å². The van der Waals surface area contributed by atoms with Crippen molar-refractivity contribution in [2.75, 3.05) is 11.5 Å². The minimum Gasteiger partial charge on any atom is -0.543 e. The zero-order valence-electron chi connectivity index (χ0n) is 22.9. The van der Waals surface area contributed by atoms with Crippen molar-refractivity contribution in [3.63, 3.8) is 0 Å². The lowest BCUT2D eigenvalue weighted by Crippen LogP contribution is -2.71. The largest absolute Gasteiger partial charge is 0.543 e. The second-order valence-electron chi connectivity index (χ2n) is 9.91. The molecule has 0 bridgehead atoms. The van der Waals surface area contributed by atoms with Crippen molar-refractivity contribution in [2.45, 2.75) is 61.7 Å². The fraction of sp³-hybridized carbons (Fsp3) is 0.385. The number of hydrogen-bond donors (Lipinski definition) is 2. The van der Waals surface area contributed by atoms with Crippen LogP contribution in [-0.2, 0) is 25.8 Å². The van der Waals surface area contributed by atoms with Gasteiger partial charge in [0, 0.05) is 23.4 Å². The molecule has 2 aliphatic heterocycles. The fourth-order valence-corrected chi connectivity index (χ4v) is 7.50. The topological polar surface area (TPSA) is 184 Å². The molecule has 0 radical (unpaired) electrons. The highest BCUT2D eigenvalue weighted by Gasteiger charge is 2.53. The van der Waals surface area contributed by atoms with Gasteiger partial charge in [0.15, 0.2) is 11.3 Å². The summed E-state index contributed by atoms with van der Waals surface area (Å²) in [5.74, 6) is -2.48. The highest BCUT2D eigenvalue weighted by Crippen LogP contribution is 2.40. The second-order valence-corrected chi connectivity index (χ2v) is 12.7. The quantitative estimate of drug-likeness (QED) is 0.103. The maximum atomic E-state index is 13.3. The van der Waals surface area contributed by atoms with E-state index in [0.29, 0.717) is 10.6 Å². The molecule has 3 aromatic rings. The summed E-state index contributed by atoms with van der Waals surface area (Å²) in [5.41, 5.74) is 6.67. The molecule has 43 heavy (non-hydrogen) atoms. The molecule has 1 aliphatic carbocycles. The molecule has 14 nitrogen and oxygen atoms in total. The normalized spacial score (nSPS) is 21.0. The molecule has 2 fully saturated rings. The smallest absolute Gasteiger partial charge is 0.307 e. The number of β-lactam (4-membered cyclic amide) rings is 1. The molecular weight excluding hydrogens is 615 g/mol. The van der Waals surface area contributed by atoms with Gasteiger partial charge in [0.1, 0.15) is 28.7 Å². The van der Waals surface area contributed by atoms with E-state index in [4.69, 9.17) is 10.6 Å². The number of anilines is 1. The lowest BCUT2D eigenvalue weighted by Gasteiger charge is -2.50. The molecule has 5 heterocycles. The number of nitrogens with two attached hydrogens (primary N) is 1. The number of aryl methyl sites for hydroxylation is 1. The number of thioether (sulfide) groups is 2. The summed E-state index contributed by atoms with van der Waals surface area (Å²) in [4.78, 5) is 49.4. The molecule has 1 saturated heterocycles. The van der Waals surface area contributed by atoms with Crippen molar-refractivity contribution in [2.24, 2.45) is 5.16 Å². The number of nitrogen functional groups attached to an aromatic ring is 1. The van der Waals surface area contributed by atoms with Gasteiger partial charge in [-0.1, -0.05) is 22.0 Å². The Morgan fingerprint density at radius 2 is 2.16 bits per heavy atom. The number of carbonyl (C=O) groups is 3. The summed E-state index contributed by atoms with van der Waals surface area (Å²) in [5, 5.41) is 25.4. The fourth-order valence-electron chi connectivity index (χ4n) is 5.09. The Balaban J connectivity index is 1.15. The minimum atomic E-state index is -1.47.